The lowest BCUT2D eigenvalue weighted by atomic mass is 10.2. The summed E-state index contributed by atoms with van der Waals surface area (Å²) in [5, 5.41) is 0. The smallest absolute Gasteiger partial charge is 0.328 e. The van der Waals surface area contributed by atoms with Crippen LogP contribution in [-0.2, 0) is 6.54 Å². The van der Waals surface area contributed by atoms with E-state index in [0.717, 1.165) is 18.4 Å². The number of nitrogen functional groups attached to an aromatic ring is 1. The molecule has 0 atom stereocenters. The van der Waals surface area contributed by atoms with Crippen LogP contribution in [0.25, 0.3) is 11.2 Å². The Bertz CT molecular complexity index is 854. The van der Waals surface area contributed by atoms with Gasteiger partial charge in [-0.05, 0) is 12.0 Å². The summed E-state index contributed by atoms with van der Waals surface area (Å²) >= 11 is 0. The van der Waals surface area contributed by atoms with E-state index in [1.165, 1.54) is 4.57 Å². The number of ether oxygens (including phenoxy) is 1. The Hall–Kier alpha value is -2.83. The number of nitrogens with two attached hydrogens (primary N) is 1. The van der Waals surface area contributed by atoms with Gasteiger partial charge in [0.05, 0.1) is 13.2 Å². The molecule has 2 aromatic heterocycles. The minimum atomic E-state index is -0.268. The molecule has 3 N–H and O–H groups in total. The number of aromatic nitrogens is 4. The van der Waals surface area contributed by atoms with E-state index >= 15 is 0 Å². The second-order valence-electron chi connectivity index (χ2n) is 5.29. The van der Waals surface area contributed by atoms with E-state index in [4.69, 9.17) is 10.5 Å². The van der Waals surface area contributed by atoms with Crippen LogP contribution in [0.5, 0.6) is 6.01 Å². The highest BCUT2D eigenvalue weighted by atomic mass is 16.5. The van der Waals surface area contributed by atoms with Crippen molar-refractivity contribution in [2.24, 2.45) is 0 Å². The molecule has 0 aliphatic rings. The van der Waals surface area contributed by atoms with Gasteiger partial charge in [0.25, 0.3) is 0 Å². The Kier molecular flexibility index (Phi) is 4.27. The molecule has 120 valence electrons. The minimum absolute atomic E-state index is 0.198. The quantitative estimate of drug-likeness (QED) is 0.677. The number of hydrogen-bond donors (Lipinski definition) is 2. The van der Waals surface area contributed by atoms with Crippen molar-refractivity contribution >= 4 is 17.0 Å². The fraction of sp³-hybridized carbons (Fsp3) is 0.312. The summed E-state index contributed by atoms with van der Waals surface area (Å²) < 4.78 is 7.06. The molecule has 0 spiro atoms. The monoisotopic (exact) mass is 313 g/mol. The van der Waals surface area contributed by atoms with Crippen LogP contribution in [0.3, 0.4) is 0 Å². The number of anilines is 1. The molecular formula is C16H19N5O2. The Morgan fingerprint density at radius 2 is 2.04 bits per heavy atom. The van der Waals surface area contributed by atoms with Crippen LogP contribution in [0.2, 0.25) is 0 Å². The van der Waals surface area contributed by atoms with Crippen molar-refractivity contribution in [3.63, 3.8) is 0 Å². The highest BCUT2D eigenvalue weighted by Gasteiger charge is 2.14. The van der Waals surface area contributed by atoms with Crippen molar-refractivity contribution in [2.75, 3.05) is 12.3 Å². The molecule has 7 heteroatoms. The van der Waals surface area contributed by atoms with Gasteiger partial charge in [0.15, 0.2) is 11.5 Å². The van der Waals surface area contributed by atoms with E-state index in [1.54, 1.807) is 0 Å². The number of imidazole rings is 1. The first-order chi connectivity index (χ1) is 11.2. The van der Waals surface area contributed by atoms with Crippen LogP contribution in [-0.4, -0.2) is 26.1 Å². The molecule has 0 unspecified atom stereocenters. The first-order valence-corrected chi connectivity index (χ1v) is 7.61. The van der Waals surface area contributed by atoms with Gasteiger partial charge in [0, 0.05) is 0 Å². The molecule has 0 saturated carbocycles. The highest BCUT2D eigenvalue weighted by molar-refractivity contribution is 5.81. The van der Waals surface area contributed by atoms with Gasteiger partial charge in [-0.15, -0.1) is 0 Å². The number of benzene rings is 1. The zero-order chi connectivity index (χ0) is 16.2. The number of hydrogen-bond acceptors (Lipinski definition) is 5. The lowest BCUT2D eigenvalue weighted by molar-refractivity contribution is 0.286. The molecule has 3 rings (SSSR count). The van der Waals surface area contributed by atoms with E-state index in [-0.39, 0.29) is 17.5 Å². The average Bonchev–Trinajstić information content (AvgIpc) is 2.86. The number of nitrogens with zero attached hydrogens (tertiary/aromatic N) is 3. The molecule has 0 bridgehead atoms. The Labute approximate surface area is 133 Å². The lowest BCUT2D eigenvalue weighted by Gasteiger charge is -2.06. The van der Waals surface area contributed by atoms with Crippen molar-refractivity contribution in [1.29, 1.82) is 0 Å². The number of nitrogens with one attached hydrogen (secondary N) is 1. The molecule has 2 heterocycles. The molecule has 7 nitrogen and oxygen atoms in total. The molecule has 1 aromatic carbocycles. The van der Waals surface area contributed by atoms with Crippen LogP contribution >= 0.6 is 0 Å². The summed E-state index contributed by atoms with van der Waals surface area (Å²) in [4.78, 5) is 23.4. The van der Waals surface area contributed by atoms with Crippen molar-refractivity contribution in [2.45, 2.75) is 26.3 Å². The molecule has 0 amide bonds. The largest absolute Gasteiger partial charge is 0.463 e. The van der Waals surface area contributed by atoms with Gasteiger partial charge in [-0.2, -0.15) is 9.97 Å². The maximum Gasteiger partial charge on any atom is 0.328 e. The molecule has 0 aliphatic carbocycles. The first-order valence-electron chi connectivity index (χ1n) is 7.61. The highest BCUT2D eigenvalue weighted by Crippen LogP contribution is 2.18. The number of H-pyrrole nitrogens is 1. The van der Waals surface area contributed by atoms with Crippen molar-refractivity contribution in [1.82, 2.24) is 19.5 Å². The molecule has 3 aromatic rings. The molecule has 0 saturated heterocycles. The minimum Gasteiger partial charge on any atom is -0.463 e. The summed E-state index contributed by atoms with van der Waals surface area (Å²) in [6.07, 6.45) is 1.92. The van der Waals surface area contributed by atoms with Gasteiger partial charge in [-0.1, -0.05) is 43.7 Å². The molecule has 0 fully saturated rings. The normalized spacial score (nSPS) is 11.0. The van der Waals surface area contributed by atoms with E-state index in [1.807, 2.05) is 30.3 Å². The number of rotatable bonds is 6. The fourth-order valence-electron chi connectivity index (χ4n) is 2.32. The van der Waals surface area contributed by atoms with Gasteiger partial charge in [-0.3, -0.25) is 4.57 Å². The summed E-state index contributed by atoms with van der Waals surface area (Å²) in [5.74, 6) is 0.213. The average molecular weight is 313 g/mol. The fourth-order valence-corrected chi connectivity index (χ4v) is 2.32. The predicted molar refractivity (Wildman–Crippen MR) is 88.5 cm³/mol. The van der Waals surface area contributed by atoms with E-state index in [0.29, 0.717) is 24.3 Å². The third kappa shape index (κ3) is 3.18. The number of fused-ring (bicyclic) bond motifs is 1. The Morgan fingerprint density at radius 1 is 1.26 bits per heavy atom. The molecule has 0 radical (unpaired) electrons. The molecule has 23 heavy (non-hydrogen) atoms. The number of unbranched alkanes of at least 4 members (excludes halogenated alkanes) is 1. The maximum atomic E-state index is 12.2. The third-order valence-corrected chi connectivity index (χ3v) is 3.54. The summed E-state index contributed by atoms with van der Waals surface area (Å²) in [7, 11) is 0. The van der Waals surface area contributed by atoms with Crippen LogP contribution in [0, 0.1) is 0 Å². The predicted octanol–water partition coefficient (Wildman–Crippen LogP) is 1.93. The van der Waals surface area contributed by atoms with E-state index in [2.05, 4.69) is 21.9 Å². The van der Waals surface area contributed by atoms with Gasteiger partial charge in [-0.25, -0.2) is 4.79 Å². The van der Waals surface area contributed by atoms with E-state index in [9.17, 15) is 4.79 Å². The van der Waals surface area contributed by atoms with Gasteiger partial charge in [0.1, 0.15) is 5.52 Å². The van der Waals surface area contributed by atoms with Crippen molar-refractivity contribution in [3.8, 4) is 6.01 Å². The maximum absolute atomic E-state index is 12.2. The topological polar surface area (TPSA) is 98.8 Å². The summed E-state index contributed by atoms with van der Waals surface area (Å²) in [6, 6.07) is 9.89. The number of aromatic amines is 1. The van der Waals surface area contributed by atoms with Crippen molar-refractivity contribution in [3.05, 3.63) is 46.4 Å². The zero-order valence-electron chi connectivity index (χ0n) is 13.0. The molecule has 0 aliphatic heterocycles. The van der Waals surface area contributed by atoms with Gasteiger partial charge < -0.3 is 15.5 Å². The lowest BCUT2D eigenvalue weighted by Crippen LogP contribution is -2.17. The van der Waals surface area contributed by atoms with Gasteiger partial charge >= 0.3 is 11.7 Å². The second-order valence-corrected chi connectivity index (χ2v) is 5.29. The van der Waals surface area contributed by atoms with Crippen LogP contribution in [0.4, 0.5) is 5.82 Å². The van der Waals surface area contributed by atoms with E-state index < -0.39 is 0 Å². The van der Waals surface area contributed by atoms with Crippen LogP contribution in [0.15, 0.2) is 35.1 Å². The summed E-state index contributed by atoms with van der Waals surface area (Å²) in [5.41, 5.74) is 7.55. The Morgan fingerprint density at radius 3 is 2.78 bits per heavy atom. The summed E-state index contributed by atoms with van der Waals surface area (Å²) in [6.45, 7) is 3.00. The SMILES string of the molecule is CCCCOc1nc(N)c2[nH]c(=O)n(Cc3ccccc3)c2n1. The van der Waals surface area contributed by atoms with Gasteiger partial charge in [0.2, 0.25) is 0 Å². The standard InChI is InChI=1S/C16H19N5O2/c1-2-3-9-23-15-19-13(17)12-14(20-15)21(16(22)18-12)10-11-7-5-4-6-8-11/h4-8H,2-3,9-10H2,1H3,(H,18,22)(H2,17,19,20). The third-order valence-electron chi connectivity index (χ3n) is 3.54. The zero-order valence-corrected chi connectivity index (χ0v) is 13.0. The van der Waals surface area contributed by atoms with Crippen LogP contribution in [0.1, 0.15) is 25.3 Å². The van der Waals surface area contributed by atoms with Crippen molar-refractivity contribution < 1.29 is 4.74 Å². The Balaban J connectivity index is 2.00. The first kappa shape index (κ1) is 15.1. The van der Waals surface area contributed by atoms with Crippen LogP contribution < -0.4 is 16.2 Å². The molecular weight excluding hydrogens is 294 g/mol. The second kappa shape index (κ2) is 6.51.